The number of rotatable bonds is 3. The average molecular weight is 263 g/mol. The SMILES string of the molecule is O=C(O)Cn1cc(N2C(=O)C3CCCC3C2=O)cn1. The van der Waals surface area contributed by atoms with Crippen LogP contribution in [0.15, 0.2) is 12.4 Å². The van der Waals surface area contributed by atoms with Crippen molar-refractivity contribution in [1.29, 1.82) is 0 Å². The minimum absolute atomic E-state index is 0.178. The molecule has 0 aromatic carbocycles. The van der Waals surface area contributed by atoms with Crippen LogP contribution in [-0.2, 0) is 20.9 Å². The van der Waals surface area contributed by atoms with Gasteiger partial charge < -0.3 is 5.11 Å². The molecule has 1 aromatic rings. The minimum atomic E-state index is -1.02. The lowest BCUT2D eigenvalue weighted by Crippen LogP contribution is -2.31. The molecule has 7 heteroatoms. The van der Waals surface area contributed by atoms with Gasteiger partial charge in [0.25, 0.3) is 0 Å². The second-order valence-electron chi connectivity index (χ2n) is 4.95. The number of amides is 2. The van der Waals surface area contributed by atoms with Gasteiger partial charge in [0.05, 0.1) is 23.7 Å². The van der Waals surface area contributed by atoms with E-state index in [1.54, 1.807) is 0 Å². The maximum Gasteiger partial charge on any atom is 0.325 e. The van der Waals surface area contributed by atoms with E-state index >= 15 is 0 Å². The molecule has 2 fully saturated rings. The van der Waals surface area contributed by atoms with Crippen LogP contribution in [0.4, 0.5) is 5.69 Å². The van der Waals surface area contributed by atoms with E-state index in [-0.39, 0.29) is 30.2 Å². The highest BCUT2D eigenvalue weighted by Crippen LogP contribution is 2.41. The maximum absolute atomic E-state index is 12.2. The van der Waals surface area contributed by atoms with Gasteiger partial charge >= 0.3 is 5.97 Å². The second-order valence-corrected chi connectivity index (χ2v) is 4.95. The fourth-order valence-electron chi connectivity index (χ4n) is 2.94. The Hall–Kier alpha value is -2.18. The summed E-state index contributed by atoms with van der Waals surface area (Å²) >= 11 is 0. The van der Waals surface area contributed by atoms with Crippen LogP contribution < -0.4 is 4.90 Å². The molecule has 2 amide bonds. The lowest BCUT2D eigenvalue weighted by molar-refractivity contribution is -0.138. The third-order valence-electron chi connectivity index (χ3n) is 3.77. The summed E-state index contributed by atoms with van der Waals surface area (Å²) in [5, 5.41) is 12.5. The number of aliphatic carboxylic acids is 1. The number of carboxylic acid groups (broad SMARTS) is 1. The first-order valence-corrected chi connectivity index (χ1v) is 6.20. The van der Waals surface area contributed by atoms with Crippen LogP contribution in [0.3, 0.4) is 0 Å². The van der Waals surface area contributed by atoms with Crippen molar-refractivity contribution in [2.75, 3.05) is 4.90 Å². The van der Waals surface area contributed by atoms with Gasteiger partial charge in [0.1, 0.15) is 6.54 Å². The Balaban J connectivity index is 1.86. The number of hydrogen-bond acceptors (Lipinski definition) is 4. The van der Waals surface area contributed by atoms with Crippen molar-refractivity contribution in [3.8, 4) is 0 Å². The van der Waals surface area contributed by atoms with E-state index < -0.39 is 5.97 Å². The number of fused-ring (bicyclic) bond motifs is 1. The maximum atomic E-state index is 12.2. The summed E-state index contributed by atoms with van der Waals surface area (Å²) in [6.07, 6.45) is 5.22. The lowest BCUT2D eigenvalue weighted by atomic mass is 10.00. The number of carbonyl (C=O) groups is 3. The zero-order chi connectivity index (χ0) is 13.6. The van der Waals surface area contributed by atoms with E-state index in [9.17, 15) is 14.4 Å². The van der Waals surface area contributed by atoms with Crippen molar-refractivity contribution in [2.24, 2.45) is 11.8 Å². The van der Waals surface area contributed by atoms with E-state index in [1.807, 2.05) is 0 Å². The van der Waals surface area contributed by atoms with E-state index in [2.05, 4.69) is 5.10 Å². The Labute approximate surface area is 108 Å². The van der Waals surface area contributed by atoms with E-state index in [4.69, 9.17) is 5.11 Å². The van der Waals surface area contributed by atoms with Gasteiger partial charge in [-0.1, -0.05) is 6.42 Å². The zero-order valence-electron chi connectivity index (χ0n) is 10.2. The van der Waals surface area contributed by atoms with Crippen LogP contribution in [0.25, 0.3) is 0 Å². The van der Waals surface area contributed by atoms with Gasteiger partial charge in [-0.3, -0.25) is 19.1 Å². The van der Waals surface area contributed by atoms with Crippen LogP contribution in [0.2, 0.25) is 0 Å². The first-order valence-electron chi connectivity index (χ1n) is 6.20. The number of hydrogen-bond donors (Lipinski definition) is 1. The molecule has 2 atom stereocenters. The van der Waals surface area contributed by atoms with Crippen LogP contribution in [-0.4, -0.2) is 32.7 Å². The summed E-state index contributed by atoms with van der Waals surface area (Å²) < 4.78 is 1.20. The normalized spacial score (nSPS) is 26.0. The van der Waals surface area contributed by atoms with Gasteiger partial charge in [0.15, 0.2) is 0 Å². The van der Waals surface area contributed by atoms with Gasteiger partial charge in [-0.25, -0.2) is 4.90 Å². The Morgan fingerprint density at radius 3 is 2.53 bits per heavy atom. The Morgan fingerprint density at radius 1 is 1.32 bits per heavy atom. The molecule has 19 heavy (non-hydrogen) atoms. The topological polar surface area (TPSA) is 92.5 Å². The predicted molar refractivity (Wildman–Crippen MR) is 63.2 cm³/mol. The van der Waals surface area contributed by atoms with Crippen molar-refractivity contribution in [1.82, 2.24) is 9.78 Å². The standard InChI is InChI=1S/C12H13N3O4/c16-10(17)6-14-5-7(4-13-14)15-11(18)8-2-1-3-9(8)12(15)19/h4-5,8-9H,1-3,6H2,(H,16,17). The molecule has 0 spiro atoms. The zero-order valence-corrected chi connectivity index (χ0v) is 10.2. The summed E-state index contributed by atoms with van der Waals surface area (Å²) in [7, 11) is 0. The first-order chi connectivity index (χ1) is 9.08. The number of imide groups is 1. The number of nitrogens with zero attached hydrogens (tertiary/aromatic N) is 3. The second kappa shape index (κ2) is 4.18. The van der Waals surface area contributed by atoms with E-state index in [0.29, 0.717) is 5.69 Å². The number of carboxylic acids is 1. The number of aromatic nitrogens is 2. The van der Waals surface area contributed by atoms with Crippen LogP contribution >= 0.6 is 0 Å². The molecule has 2 heterocycles. The smallest absolute Gasteiger partial charge is 0.325 e. The molecule has 100 valence electrons. The summed E-state index contributed by atoms with van der Waals surface area (Å²) in [6.45, 7) is -0.289. The molecule has 1 aliphatic carbocycles. The van der Waals surface area contributed by atoms with E-state index in [0.717, 1.165) is 24.2 Å². The molecule has 1 saturated heterocycles. The van der Waals surface area contributed by atoms with Gasteiger partial charge in [-0.05, 0) is 12.8 Å². The molecule has 2 unspecified atom stereocenters. The Bertz CT molecular complexity index is 543. The fraction of sp³-hybridized carbons (Fsp3) is 0.500. The molecule has 1 N–H and O–H groups in total. The summed E-state index contributed by atoms with van der Waals surface area (Å²) in [4.78, 5) is 36.1. The third-order valence-corrected chi connectivity index (χ3v) is 3.77. The van der Waals surface area contributed by atoms with Gasteiger partial charge in [0, 0.05) is 6.20 Å². The average Bonchev–Trinajstić information content (AvgIpc) is 3.00. The van der Waals surface area contributed by atoms with Crippen molar-refractivity contribution in [2.45, 2.75) is 25.8 Å². The van der Waals surface area contributed by atoms with Crippen molar-refractivity contribution >= 4 is 23.5 Å². The molecule has 1 aromatic heterocycles. The molecule has 7 nitrogen and oxygen atoms in total. The van der Waals surface area contributed by atoms with Crippen molar-refractivity contribution in [3.63, 3.8) is 0 Å². The van der Waals surface area contributed by atoms with Gasteiger partial charge in [0.2, 0.25) is 11.8 Å². The van der Waals surface area contributed by atoms with Crippen molar-refractivity contribution < 1.29 is 19.5 Å². The quantitative estimate of drug-likeness (QED) is 0.789. The highest BCUT2D eigenvalue weighted by Gasteiger charge is 2.50. The molecular formula is C12H13N3O4. The molecule has 2 aliphatic rings. The predicted octanol–water partition coefficient (Wildman–Crippen LogP) is 0.257. The molecule has 0 bridgehead atoms. The number of carbonyl (C=O) groups excluding carboxylic acids is 2. The summed E-state index contributed by atoms with van der Waals surface area (Å²) in [5.74, 6) is -1.78. The van der Waals surface area contributed by atoms with Gasteiger partial charge in [-0.15, -0.1) is 0 Å². The molecule has 0 radical (unpaired) electrons. The fourth-order valence-corrected chi connectivity index (χ4v) is 2.94. The van der Waals surface area contributed by atoms with Crippen LogP contribution in [0.1, 0.15) is 19.3 Å². The van der Waals surface area contributed by atoms with E-state index in [1.165, 1.54) is 17.1 Å². The van der Waals surface area contributed by atoms with Crippen LogP contribution in [0, 0.1) is 11.8 Å². The van der Waals surface area contributed by atoms with Crippen LogP contribution in [0.5, 0.6) is 0 Å². The number of anilines is 1. The summed E-state index contributed by atoms with van der Waals surface area (Å²) in [6, 6.07) is 0. The minimum Gasteiger partial charge on any atom is -0.480 e. The third kappa shape index (κ3) is 1.81. The Morgan fingerprint density at radius 2 is 1.95 bits per heavy atom. The molecule has 1 saturated carbocycles. The first kappa shape index (κ1) is 11.9. The van der Waals surface area contributed by atoms with Gasteiger partial charge in [-0.2, -0.15) is 5.10 Å². The monoisotopic (exact) mass is 263 g/mol. The lowest BCUT2D eigenvalue weighted by Gasteiger charge is -2.12. The molecular weight excluding hydrogens is 250 g/mol. The Kier molecular flexibility index (Phi) is 2.62. The highest BCUT2D eigenvalue weighted by molar-refractivity contribution is 6.22. The molecule has 3 rings (SSSR count). The molecule has 1 aliphatic heterocycles. The van der Waals surface area contributed by atoms with Crippen molar-refractivity contribution in [3.05, 3.63) is 12.4 Å². The summed E-state index contributed by atoms with van der Waals surface area (Å²) in [5.41, 5.74) is 0.366. The largest absolute Gasteiger partial charge is 0.480 e. The highest BCUT2D eigenvalue weighted by atomic mass is 16.4.